The summed E-state index contributed by atoms with van der Waals surface area (Å²) in [6, 6.07) is 15.6. The molecule has 1 saturated heterocycles. The highest BCUT2D eigenvalue weighted by Gasteiger charge is 2.14. The van der Waals surface area contributed by atoms with Crippen LogP contribution >= 0.6 is 0 Å². The van der Waals surface area contributed by atoms with E-state index in [2.05, 4.69) is 29.2 Å². The monoisotopic (exact) mass is 541 g/mol. The molecule has 1 aliphatic heterocycles. The molecule has 1 unspecified atom stereocenters. The molecule has 0 saturated carbocycles. The molecule has 1 fully saturated rings. The Morgan fingerprint density at radius 2 is 1.34 bits per heavy atom. The van der Waals surface area contributed by atoms with E-state index in [1.54, 1.807) is 12.1 Å². The average molecular weight is 542 g/mol. The minimum absolute atomic E-state index is 0.0337. The Bertz CT molecular complexity index is 1040. The predicted molar refractivity (Wildman–Crippen MR) is 159 cm³/mol. The molecule has 1 heterocycles. The summed E-state index contributed by atoms with van der Waals surface area (Å²) in [5.41, 5.74) is 3.27. The fourth-order valence-corrected chi connectivity index (χ4v) is 6.04. The van der Waals surface area contributed by atoms with E-state index in [1.807, 2.05) is 38.4 Å². The third kappa shape index (κ3) is 11.3. The van der Waals surface area contributed by atoms with Gasteiger partial charge in [0.15, 0.2) is 16.1 Å². The first-order valence-electron chi connectivity index (χ1n) is 14.5. The summed E-state index contributed by atoms with van der Waals surface area (Å²) in [5.74, 6) is 0.227. The van der Waals surface area contributed by atoms with Gasteiger partial charge in [0.1, 0.15) is 0 Å². The summed E-state index contributed by atoms with van der Waals surface area (Å²) in [6.45, 7) is 1.65. The largest absolute Gasteiger partial charge is 0.378 e. The van der Waals surface area contributed by atoms with E-state index in [1.165, 1.54) is 38.5 Å². The molecule has 38 heavy (non-hydrogen) atoms. The lowest BCUT2D eigenvalue weighted by atomic mass is 10.1. The van der Waals surface area contributed by atoms with E-state index < -0.39 is 9.84 Å². The van der Waals surface area contributed by atoms with E-state index >= 15 is 0 Å². The van der Waals surface area contributed by atoms with Crippen LogP contribution in [0.3, 0.4) is 0 Å². The first-order valence-corrected chi connectivity index (χ1v) is 16.1. The third-order valence-corrected chi connectivity index (χ3v) is 8.93. The van der Waals surface area contributed by atoms with E-state index in [0.29, 0.717) is 4.90 Å². The Labute approximate surface area is 231 Å². The number of benzene rings is 2. The van der Waals surface area contributed by atoms with Gasteiger partial charge in [-0.05, 0) is 67.5 Å². The van der Waals surface area contributed by atoms with E-state index in [9.17, 15) is 8.42 Å². The van der Waals surface area contributed by atoms with Crippen molar-refractivity contribution in [3.63, 3.8) is 0 Å². The maximum absolute atomic E-state index is 12.7. The Kier molecular flexibility index (Phi) is 13.4. The molecular formula is C32H47NO4S. The molecule has 0 radical (unpaired) electrons. The van der Waals surface area contributed by atoms with Crippen molar-refractivity contribution in [2.45, 2.75) is 88.2 Å². The van der Waals surface area contributed by atoms with Crippen LogP contribution in [0.2, 0.25) is 0 Å². The fraction of sp³-hybridized carbons (Fsp3) is 0.562. The molecule has 0 aromatic heterocycles. The third-order valence-electron chi connectivity index (χ3n) is 7.12. The number of anilines is 1. The molecule has 210 valence electrons. The normalized spacial score (nSPS) is 16.2. The number of nitrogens with zero attached hydrogens (tertiary/aromatic N) is 1. The Hall–Kier alpha value is -2.15. The summed E-state index contributed by atoms with van der Waals surface area (Å²) in [5, 5.41) is 0. The van der Waals surface area contributed by atoms with Gasteiger partial charge in [0.25, 0.3) is 0 Å². The quantitative estimate of drug-likeness (QED) is 0.151. The second kappa shape index (κ2) is 16.7. The van der Waals surface area contributed by atoms with Gasteiger partial charge in [-0.3, -0.25) is 0 Å². The lowest BCUT2D eigenvalue weighted by Crippen LogP contribution is -2.22. The van der Waals surface area contributed by atoms with Crippen LogP contribution in [-0.4, -0.2) is 47.8 Å². The molecular weight excluding hydrogens is 494 g/mol. The zero-order valence-corrected chi connectivity index (χ0v) is 24.3. The van der Waals surface area contributed by atoms with Crippen molar-refractivity contribution in [1.29, 1.82) is 0 Å². The first-order chi connectivity index (χ1) is 18.4. The van der Waals surface area contributed by atoms with Gasteiger partial charge in [-0.2, -0.15) is 0 Å². The second-order valence-corrected chi connectivity index (χ2v) is 12.7. The Morgan fingerprint density at radius 3 is 1.89 bits per heavy atom. The van der Waals surface area contributed by atoms with E-state index in [-0.39, 0.29) is 12.0 Å². The van der Waals surface area contributed by atoms with Crippen LogP contribution in [0.1, 0.15) is 88.2 Å². The Balaban J connectivity index is 1.23. The summed E-state index contributed by atoms with van der Waals surface area (Å²) in [4.78, 5) is 2.49. The summed E-state index contributed by atoms with van der Waals surface area (Å²) < 4.78 is 36.8. The number of rotatable bonds is 17. The standard InChI is InChI=1S/C32H47NO4S/c1-33(2)30-21-17-28(18-22-30)15-16-29-19-23-31(24-20-29)38(34,35)27-13-9-7-5-3-4-6-8-11-25-36-32-14-10-12-26-37-32/h15-24,32H,3-14,25-27H2,1-2H3. The first kappa shape index (κ1) is 30.4. The van der Waals surface area contributed by atoms with Crippen LogP contribution in [0, 0.1) is 0 Å². The van der Waals surface area contributed by atoms with E-state index in [0.717, 1.165) is 68.6 Å². The SMILES string of the molecule is CN(C)c1ccc(C=Cc2ccc(S(=O)(=O)CCCCCCCCCCCOC3CCCCO3)cc2)cc1. The van der Waals surface area contributed by atoms with Crippen LogP contribution < -0.4 is 4.90 Å². The molecule has 0 bridgehead atoms. The van der Waals surface area contributed by atoms with Gasteiger partial charge in [0, 0.05) is 33.0 Å². The predicted octanol–water partition coefficient (Wildman–Crippen LogP) is 7.75. The smallest absolute Gasteiger partial charge is 0.178 e. The molecule has 0 spiro atoms. The number of sulfone groups is 1. The van der Waals surface area contributed by atoms with Crippen molar-refractivity contribution in [1.82, 2.24) is 0 Å². The van der Waals surface area contributed by atoms with Crippen LogP contribution in [0.25, 0.3) is 12.2 Å². The van der Waals surface area contributed by atoms with E-state index in [4.69, 9.17) is 9.47 Å². The van der Waals surface area contributed by atoms with Crippen molar-refractivity contribution >= 4 is 27.7 Å². The number of unbranched alkanes of at least 4 members (excludes halogenated alkanes) is 8. The van der Waals surface area contributed by atoms with Crippen molar-refractivity contribution in [2.24, 2.45) is 0 Å². The van der Waals surface area contributed by atoms with Gasteiger partial charge in [0.2, 0.25) is 0 Å². The van der Waals surface area contributed by atoms with Gasteiger partial charge in [-0.15, -0.1) is 0 Å². The van der Waals surface area contributed by atoms with Crippen LogP contribution in [0.4, 0.5) is 5.69 Å². The highest BCUT2D eigenvalue weighted by molar-refractivity contribution is 7.91. The van der Waals surface area contributed by atoms with Crippen LogP contribution in [-0.2, 0) is 19.3 Å². The minimum Gasteiger partial charge on any atom is -0.378 e. The number of ether oxygens (including phenoxy) is 2. The maximum Gasteiger partial charge on any atom is 0.178 e. The molecule has 2 aromatic carbocycles. The highest BCUT2D eigenvalue weighted by Crippen LogP contribution is 2.19. The van der Waals surface area contributed by atoms with Crippen LogP contribution in [0.15, 0.2) is 53.4 Å². The lowest BCUT2D eigenvalue weighted by Gasteiger charge is -2.22. The van der Waals surface area contributed by atoms with Crippen molar-refractivity contribution in [2.75, 3.05) is 38.0 Å². The summed E-state index contributed by atoms with van der Waals surface area (Å²) >= 11 is 0. The molecule has 5 nitrogen and oxygen atoms in total. The van der Waals surface area contributed by atoms with Gasteiger partial charge in [-0.25, -0.2) is 8.42 Å². The number of hydrogen-bond donors (Lipinski definition) is 0. The van der Waals surface area contributed by atoms with Gasteiger partial charge < -0.3 is 14.4 Å². The topological polar surface area (TPSA) is 55.8 Å². The van der Waals surface area contributed by atoms with Crippen molar-refractivity contribution in [3.05, 3.63) is 59.7 Å². The zero-order valence-electron chi connectivity index (χ0n) is 23.4. The van der Waals surface area contributed by atoms with Gasteiger partial charge in [-0.1, -0.05) is 81.4 Å². The number of hydrogen-bond acceptors (Lipinski definition) is 5. The molecule has 1 aliphatic rings. The minimum atomic E-state index is -3.23. The van der Waals surface area contributed by atoms with Gasteiger partial charge >= 0.3 is 0 Å². The highest BCUT2D eigenvalue weighted by atomic mass is 32.2. The molecule has 0 amide bonds. The molecule has 0 N–H and O–H groups in total. The second-order valence-electron chi connectivity index (χ2n) is 10.6. The molecule has 6 heteroatoms. The van der Waals surface area contributed by atoms with Crippen molar-refractivity contribution < 1.29 is 17.9 Å². The fourth-order valence-electron chi connectivity index (χ4n) is 4.67. The Morgan fingerprint density at radius 1 is 0.789 bits per heavy atom. The van der Waals surface area contributed by atoms with Crippen molar-refractivity contribution in [3.8, 4) is 0 Å². The summed E-state index contributed by atoms with van der Waals surface area (Å²) in [6.07, 6.45) is 17.6. The summed E-state index contributed by atoms with van der Waals surface area (Å²) in [7, 11) is 0.822. The molecule has 2 aromatic rings. The molecule has 0 aliphatic carbocycles. The average Bonchev–Trinajstić information content (AvgIpc) is 2.93. The molecule has 1 atom stereocenters. The lowest BCUT2D eigenvalue weighted by molar-refractivity contribution is -0.162. The molecule has 3 rings (SSSR count). The zero-order chi connectivity index (χ0) is 27.1. The van der Waals surface area contributed by atoms with Crippen LogP contribution in [0.5, 0.6) is 0 Å². The van der Waals surface area contributed by atoms with Gasteiger partial charge in [0.05, 0.1) is 10.6 Å². The maximum atomic E-state index is 12.7.